The van der Waals surface area contributed by atoms with E-state index in [4.69, 9.17) is 4.74 Å². The van der Waals surface area contributed by atoms with Gasteiger partial charge < -0.3 is 15.4 Å². The van der Waals surface area contributed by atoms with Gasteiger partial charge in [-0.3, -0.25) is 9.59 Å². The largest absolute Gasteiger partial charge is 0.380 e. The van der Waals surface area contributed by atoms with Gasteiger partial charge in [-0.15, -0.1) is 11.3 Å². The zero-order chi connectivity index (χ0) is 18.4. The topological polar surface area (TPSA) is 67.4 Å². The fraction of sp³-hybridized carbons (Fsp3) is 0.100. The molecule has 0 bridgehead atoms. The minimum Gasteiger partial charge on any atom is -0.380 e. The van der Waals surface area contributed by atoms with E-state index < -0.39 is 0 Å². The van der Waals surface area contributed by atoms with Crippen molar-refractivity contribution >= 4 is 34.5 Å². The van der Waals surface area contributed by atoms with Crippen molar-refractivity contribution in [1.82, 2.24) is 0 Å². The van der Waals surface area contributed by atoms with Crippen LogP contribution in [0.2, 0.25) is 0 Å². The van der Waals surface area contributed by atoms with Crippen molar-refractivity contribution in [2.75, 3.05) is 17.7 Å². The first-order chi connectivity index (χ1) is 12.7. The monoisotopic (exact) mass is 366 g/mol. The number of ether oxygens (including phenoxy) is 1. The molecule has 0 unspecified atom stereocenters. The third kappa shape index (κ3) is 4.56. The predicted octanol–water partition coefficient (Wildman–Crippen LogP) is 4.40. The summed E-state index contributed by atoms with van der Waals surface area (Å²) in [5.41, 5.74) is 2.84. The van der Waals surface area contributed by atoms with Gasteiger partial charge in [0.05, 0.1) is 11.5 Å². The van der Waals surface area contributed by atoms with E-state index in [2.05, 4.69) is 10.6 Å². The number of hydrogen-bond donors (Lipinski definition) is 2. The molecule has 0 spiro atoms. The summed E-state index contributed by atoms with van der Waals surface area (Å²) in [7, 11) is 1.63. The van der Waals surface area contributed by atoms with Gasteiger partial charge in [0.15, 0.2) is 0 Å². The van der Waals surface area contributed by atoms with Gasteiger partial charge in [0, 0.05) is 24.0 Å². The number of carbonyl (C=O) groups is 2. The predicted molar refractivity (Wildman–Crippen MR) is 104 cm³/mol. The average Bonchev–Trinajstić information content (AvgIpc) is 3.18. The molecule has 2 N–H and O–H groups in total. The summed E-state index contributed by atoms with van der Waals surface area (Å²) in [5.74, 6) is -0.372. The van der Waals surface area contributed by atoms with Crippen LogP contribution in [0.1, 0.15) is 25.6 Å². The normalized spacial score (nSPS) is 10.3. The molecule has 3 rings (SSSR count). The number of benzene rings is 2. The zero-order valence-corrected chi connectivity index (χ0v) is 15.0. The summed E-state index contributed by atoms with van der Waals surface area (Å²) in [6, 6.07) is 17.9. The Kier molecular flexibility index (Phi) is 5.78. The molecule has 0 fully saturated rings. The van der Waals surface area contributed by atoms with Crippen LogP contribution in [0.5, 0.6) is 0 Å². The minimum absolute atomic E-state index is 0.160. The number of carbonyl (C=O) groups excluding carboxylic acids is 2. The van der Waals surface area contributed by atoms with Gasteiger partial charge in [-0.1, -0.05) is 18.2 Å². The number of amides is 2. The van der Waals surface area contributed by atoms with Crippen molar-refractivity contribution in [2.45, 2.75) is 6.61 Å². The number of methoxy groups -OCH3 is 1. The van der Waals surface area contributed by atoms with Gasteiger partial charge in [-0.25, -0.2) is 0 Å². The SMILES string of the molecule is COCc1cccc(NC(=O)c2ccc(NC(=O)c3cccs3)cc2)c1. The van der Waals surface area contributed by atoms with E-state index in [1.807, 2.05) is 35.7 Å². The second kappa shape index (κ2) is 8.42. The van der Waals surface area contributed by atoms with Crippen molar-refractivity contribution < 1.29 is 14.3 Å². The number of nitrogens with one attached hydrogen (secondary N) is 2. The molecule has 1 aromatic heterocycles. The average molecular weight is 366 g/mol. The molecule has 0 aliphatic heterocycles. The van der Waals surface area contributed by atoms with E-state index in [-0.39, 0.29) is 11.8 Å². The highest BCUT2D eigenvalue weighted by molar-refractivity contribution is 7.12. The first-order valence-corrected chi connectivity index (χ1v) is 8.88. The molecule has 6 heteroatoms. The van der Waals surface area contributed by atoms with Gasteiger partial charge in [0.25, 0.3) is 11.8 Å². The number of rotatable bonds is 6. The number of hydrogen-bond acceptors (Lipinski definition) is 4. The Balaban J connectivity index is 1.63. The van der Waals surface area contributed by atoms with Gasteiger partial charge in [0.2, 0.25) is 0 Å². The highest BCUT2D eigenvalue weighted by atomic mass is 32.1. The number of thiophene rings is 1. The van der Waals surface area contributed by atoms with E-state index in [9.17, 15) is 9.59 Å². The van der Waals surface area contributed by atoms with E-state index in [1.165, 1.54) is 11.3 Å². The summed E-state index contributed by atoms with van der Waals surface area (Å²) < 4.78 is 5.10. The maximum atomic E-state index is 12.4. The van der Waals surface area contributed by atoms with Gasteiger partial charge in [-0.05, 0) is 53.4 Å². The van der Waals surface area contributed by atoms with E-state index in [0.717, 1.165) is 5.56 Å². The summed E-state index contributed by atoms with van der Waals surface area (Å²) in [6.45, 7) is 0.488. The molecule has 1 heterocycles. The summed E-state index contributed by atoms with van der Waals surface area (Å²) >= 11 is 1.38. The molecule has 2 aromatic carbocycles. The summed E-state index contributed by atoms with van der Waals surface area (Å²) in [4.78, 5) is 25.0. The van der Waals surface area contributed by atoms with Crippen LogP contribution in [0.15, 0.2) is 66.0 Å². The molecule has 26 heavy (non-hydrogen) atoms. The van der Waals surface area contributed by atoms with Crippen LogP contribution in [0, 0.1) is 0 Å². The molecule has 3 aromatic rings. The van der Waals surface area contributed by atoms with Crippen LogP contribution >= 0.6 is 11.3 Å². The van der Waals surface area contributed by atoms with Gasteiger partial charge in [0.1, 0.15) is 0 Å². The Labute approximate surface area is 155 Å². The van der Waals surface area contributed by atoms with Crippen molar-refractivity contribution in [3.05, 3.63) is 82.0 Å². The molecule has 132 valence electrons. The maximum absolute atomic E-state index is 12.4. The molecule has 0 saturated heterocycles. The molecule has 0 aliphatic rings. The van der Waals surface area contributed by atoms with Crippen LogP contribution in [0.4, 0.5) is 11.4 Å². The van der Waals surface area contributed by atoms with Crippen LogP contribution in [-0.2, 0) is 11.3 Å². The van der Waals surface area contributed by atoms with Crippen molar-refractivity contribution in [2.24, 2.45) is 0 Å². The maximum Gasteiger partial charge on any atom is 0.265 e. The summed E-state index contributed by atoms with van der Waals surface area (Å²) in [6.07, 6.45) is 0. The lowest BCUT2D eigenvalue weighted by Gasteiger charge is -2.08. The standard InChI is InChI=1S/C20H18N2O3S/c1-25-13-14-4-2-5-17(12-14)22-19(23)15-7-9-16(10-8-15)21-20(24)18-6-3-11-26-18/h2-12H,13H2,1H3,(H,21,24)(H,22,23). The second-order valence-electron chi connectivity index (χ2n) is 5.60. The number of anilines is 2. The van der Waals surface area contributed by atoms with Crippen LogP contribution in [-0.4, -0.2) is 18.9 Å². The van der Waals surface area contributed by atoms with Crippen LogP contribution < -0.4 is 10.6 Å². The van der Waals surface area contributed by atoms with E-state index >= 15 is 0 Å². The first kappa shape index (κ1) is 17.8. The molecule has 5 nitrogen and oxygen atoms in total. The highest BCUT2D eigenvalue weighted by Crippen LogP contribution is 2.16. The van der Waals surface area contributed by atoms with Crippen molar-refractivity contribution in [3.8, 4) is 0 Å². The molecule has 0 atom stereocenters. The molecule has 0 aliphatic carbocycles. The third-order valence-corrected chi connectivity index (χ3v) is 4.51. The van der Waals surface area contributed by atoms with E-state index in [0.29, 0.717) is 28.4 Å². The Morgan fingerprint density at radius 2 is 1.69 bits per heavy atom. The molecule has 0 radical (unpaired) electrons. The second-order valence-corrected chi connectivity index (χ2v) is 6.54. The lowest BCUT2D eigenvalue weighted by molar-refractivity contribution is 0.102. The lowest BCUT2D eigenvalue weighted by Crippen LogP contribution is -2.13. The Morgan fingerprint density at radius 3 is 2.38 bits per heavy atom. The van der Waals surface area contributed by atoms with Crippen LogP contribution in [0.3, 0.4) is 0 Å². The smallest absolute Gasteiger partial charge is 0.265 e. The molecule has 2 amide bonds. The Bertz CT molecular complexity index is 890. The quantitative estimate of drug-likeness (QED) is 0.679. The molecule has 0 saturated carbocycles. The van der Waals surface area contributed by atoms with Gasteiger partial charge >= 0.3 is 0 Å². The third-order valence-electron chi connectivity index (χ3n) is 3.65. The minimum atomic E-state index is -0.212. The van der Waals surface area contributed by atoms with Gasteiger partial charge in [-0.2, -0.15) is 0 Å². The van der Waals surface area contributed by atoms with Crippen molar-refractivity contribution in [1.29, 1.82) is 0 Å². The Morgan fingerprint density at radius 1 is 0.923 bits per heavy atom. The van der Waals surface area contributed by atoms with Crippen LogP contribution in [0.25, 0.3) is 0 Å². The first-order valence-electron chi connectivity index (χ1n) is 8.00. The molecular formula is C20H18N2O3S. The fourth-order valence-electron chi connectivity index (χ4n) is 2.41. The zero-order valence-electron chi connectivity index (χ0n) is 14.2. The highest BCUT2D eigenvalue weighted by Gasteiger charge is 2.09. The fourth-order valence-corrected chi connectivity index (χ4v) is 3.03. The summed E-state index contributed by atoms with van der Waals surface area (Å²) in [5, 5.41) is 7.52. The lowest BCUT2D eigenvalue weighted by atomic mass is 10.1. The van der Waals surface area contributed by atoms with Crippen molar-refractivity contribution in [3.63, 3.8) is 0 Å². The molecular weight excluding hydrogens is 348 g/mol. The Hall–Kier alpha value is -2.96. The van der Waals surface area contributed by atoms with E-state index in [1.54, 1.807) is 37.4 Å².